The molecule has 4 aromatic carbocycles. The van der Waals surface area contributed by atoms with E-state index in [2.05, 4.69) is 15.4 Å². The molecule has 4 heterocycles. The number of aliphatic hydroxyl groups excluding tert-OH is 1. The van der Waals surface area contributed by atoms with E-state index >= 15 is 0 Å². The van der Waals surface area contributed by atoms with E-state index in [1.807, 2.05) is 0 Å². The molecule has 460 valence electrons. The Balaban J connectivity index is 0.000000258. The number of primary sulfonamides is 2. The van der Waals surface area contributed by atoms with E-state index in [9.17, 15) is 68.9 Å². The first-order valence-electron chi connectivity index (χ1n) is 24.6. The minimum Gasteiger partial charge on any atom is -0.545 e. The molecule has 2 aliphatic rings. The van der Waals surface area contributed by atoms with Gasteiger partial charge in [0.15, 0.2) is 6.79 Å². The number of carboxylic acids is 1. The molecule has 0 bridgehead atoms. The van der Waals surface area contributed by atoms with Crippen LogP contribution in [0.3, 0.4) is 0 Å². The van der Waals surface area contributed by atoms with Gasteiger partial charge in [0.1, 0.15) is 44.6 Å². The summed E-state index contributed by atoms with van der Waals surface area (Å²) in [4.78, 5) is 50.2. The molecular formula is C52H53Cl2CsF4N6O19S2. The summed E-state index contributed by atoms with van der Waals surface area (Å²) < 4.78 is 137. The number of nitrogens with zero attached hydrogens (tertiary/aromatic N) is 2. The summed E-state index contributed by atoms with van der Waals surface area (Å²) in [6.45, 7) is 4.32. The van der Waals surface area contributed by atoms with Crippen LogP contribution in [0.15, 0.2) is 116 Å². The number of carbonyl (C=O) groups excluding carboxylic acids is 4. The van der Waals surface area contributed by atoms with E-state index in [4.69, 9.17) is 66.4 Å². The Labute approximate surface area is 556 Å². The average Bonchev–Trinajstić information content (AvgIpc) is 1.000. The second kappa shape index (κ2) is 30.1. The molecule has 2 saturated heterocycles. The third-order valence-electron chi connectivity index (χ3n) is 12.8. The van der Waals surface area contributed by atoms with Crippen molar-refractivity contribution in [3.05, 3.63) is 165 Å². The van der Waals surface area contributed by atoms with E-state index in [0.29, 0.717) is 23.7 Å². The number of aromatic carboxylic acids is 1. The zero-order chi connectivity index (χ0) is 62.9. The second-order valence-corrected chi connectivity index (χ2v) is 22.5. The van der Waals surface area contributed by atoms with Crippen molar-refractivity contribution in [2.24, 2.45) is 10.3 Å². The number of hydrogen-bond acceptors (Lipinski definition) is 21. The summed E-state index contributed by atoms with van der Waals surface area (Å²) in [7, 11) is -8.46. The molecule has 0 saturated carbocycles. The number of morpholine rings is 2. The van der Waals surface area contributed by atoms with Gasteiger partial charge in [-0.2, -0.15) is 0 Å². The first kappa shape index (κ1) is 71.2. The third-order valence-corrected chi connectivity index (χ3v) is 15.6. The van der Waals surface area contributed by atoms with Gasteiger partial charge in [0.05, 0.1) is 90.3 Å². The maximum absolute atomic E-state index is 13.8. The van der Waals surface area contributed by atoms with Gasteiger partial charge in [-0.15, -0.1) is 0 Å². The number of carbonyl (C=O) groups is 4. The van der Waals surface area contributed by atoms with Crippen molar-refractivity contribution >= 4 is 78.7 Å². The van der Waals surface area contributed by atoms with E-state index in [1.54, 1.807) is 38.1 Å². The van der Waals surface area contributed by atoms with Gasteiger partial charge in [-0.1, -0.05) is 23.2 Å². The maximum atomic E-state index is 13.8. The monoisotopic (exact) mass is 1410 g/mol. The average molecular weight is 1410 g/mol. The molecule has 6 atom stereocenters. The number of nitrogens with two attached hydrogens (primary N) is 2. The standard InChI is InChI=1S/C26H26ClF2N3O9S.C14H17F2NO5.C12H11ClN2O5S.Cs/c1-14-12-41-26(35,16-6-17(28)8-18(29)7-16)15(2)32(14)25(34)40-13-39-24(33)20-9-23(42(30,36)37)21(27)10-22(20)31-11-19-4-3-5-38-19;1-8-6-22-14(20,9(2)17(8)13(19)21-7-18)10-3-11(15)5-12(16)4-10;13-9-5-10(15-6-7-2-1-3-20-7)8(12(16)17)4-11(9)21(14,18)19;/h3-10,14-15,31,35H,11-13H2,1-2H3,(H2,30,36,37);3-5,8-9,18,20H,6-7H2,1-2H3;1-5,15H,6H2,(H,16,17)(H2,14,18,19);/q;;;+1/p-1/t14-,15+,26-;8-,9+,14-;;/m11../s1. The van der Waals surface area contributed by atoms with E-state index in [0.717, 1.165) is 52.3 Å². The number of furan rings is 2. The molecule has 6 aromatic rings. The fourth-order valence-electron chi connectivity index (χ4n) is 8.66. The van der Waals surface area contributed by atoms with Gasteiger partial charge < -0.3 is 68.4 Å². The minimum absolute atomic E-state index is 0. The molecule has 34 heteroatoms. The Morgan fingerprint density at radius 3 is 1.40 bits per heavy atom. The number of ether oxygens (including phenoxy) is 5. The summed E-state index contributed by atoms with van der Waals surface area (Å²) in [5.74, 6) is -9.64. The van der Waals surface area contributed by atoms with Crippen molar-refractivity contribution in [2.75, 3.05) is 37.4 Å². The number of aliphatic hydroxyl groups is 3. The van der Waals surface area contributed by atoms with Crippen LogP contribution in [0.5, 0.6) is 0 Å². The van der Waals surface area contributed by atoms with Crippen LogP contribution in [-0.2, 0) is 68.4 Å². The number of amides is 2. The SMILES string of the molecule is C[C@@H]1CO[C@@](O)(c2cc(F)cc(F)c2)[C@H](C)N1C(=O)OCO.C[C@@H]1CO[C@@](O)(c2cc(F)cc(F)c2)[C@H](C)N1C(=O)OCOC(=O)c1cc(S(N)(=O)=O)c(Cl)cc1NCc1ccco1.NS(=O)(=O)c1cc(C(=O)[O-])c(NCc2ccco2)cc1Cl.[Cs+]. The molecular weight excluding hydrogens is 1360 g/mol. The summed E-state index contributed by atoms with van der Waals surface area (Å²) in [6, 6.07) is 12.4. The number of carboxylic acid groups (broad SMARTS) is 1. The fourth-order valence-corrected chi connectivity index (χ4v) is 10.9. The van der Waals surface area contributed by atoms with Crippen LogP contribution >= 0.6 is 23.2 Å². The van der Waals surface area contributed by atoms with Crippen molar-refractivity contribution in [1.29, 1.82) is 0 Å². The smallest absolute Gasteiger partial charge is 0.545 e. The predicted octanol–water partition coefficient (Wildman–Crippen LogP) is 2.54. The zero-order valence-electron chi connectivity index (χ0n) is 45.8. The number of rotatable bonds is 15. The molecule has 8 rings (SSSR count). The van der Waals surface area contributed by atoms with Gasteiger partial charge in [-0.05, 0) is 100 Å². The molecule has 25 nitrogen and oxygen atoms in total. The van der Waals surface area contributed by atoms with Crippen molar-refractivity contribution in [3.63, 3.8) is 0 Å². The number of halogens is 6. The summed E-state index contributed by atoms with van der Waals surface area (Å²) >= 11 is 11.9. The van der Waals surface area contributed by atoms with Crippen LogP contribution in [0.25, 0.3) is 0 Å². The number of hydrogen-bond donors (Lipinski definition) is 7. The molecule has 0 aliphatic carbocycles. The molecule has 86 heavy (non-hydrogen) atoms. The molecule has 2 aliphatic heterocycles. The van der Waals surface area contributed by atoms with Crippen LogP contribution in [0.4, 0.5) is 38.5 Å². The summed E-state index contributed by atoms with van der Waals surface area (Å²) in [5, 5.41) is 57.1. The Hall–Kier alpha value is -5.51. The molecule has 0 unspecified atom stereocenters. The normalized spacial score (nSPS) is 20.2. The van der Waals surface area contributed by atoms with Crippen LogP contribution < -0.4 is 94.9 Å². The maximum Gasteiger partial charge on any atom is 1.00 e. The molecule has 0 radical (unpaired) electrons. The molecule has 2 aromatic heterocycles. The largest absolute Gasteiger partial charge is 1.00 e. The van der Waals surface area contributed by atoms with Gasteiger partial charge in [0.25, 0.3) is 0 Å². The van der Waals surface area contributed by atoms with E-state index in [-0.39, 0.29) is 139 Å². The van der Waals surface area contributed by atoms with Gasteiger partial charge in [0.2, 0.25) is 38.4 Å². The predicted molar refractivity (Wildman–Crippen MR) is 286 cm³/mol. The number of sulfonamides is 2. The van der Waals surface area contributed by atoms with Crippen LogP contribution in [-0.4, -0.2) is 117 Å². The summed E-state index contributed by atoms with van der Waals surface area (Å²) in [6.07, 6.45) is 0.999. The first-order chi connectivity index (χ1) is 39.8. The van der Waals surface area contributed by atoms with Crippen molar-refractivity contribution < 1.29 is 175 Å². The van der Waals surface area contributed by atoms with Crippen LogP contribution in [0, 0.1) is 23.3 Å². The van der Waals surface area contributed by atoms with Crippen molar-refractivity contribution in [1.82, 2.24) is 9.80 Å². The molecule has 0 spiro atoms. The Bertz CT molecular complexity index is 3600. The second-order valence-electron chi connectivity index (χ2n) is 18.6. The summed E-state index contributed by atoms with van der Waals surface area (Å²) in [5.41, 5.74) is -0.888. The van der Waals surface area contributed by atoms with Gasteiger partial charge in [-0.25, -0.2) is 59.1 Å². The quantitative estimate of drug-likeness (QED) is 0.0441. The number of nitrogens with one attached hydrogen (secondary N) is 2. The molecule has 9 N–H and O–H groups in total. The van der Waals surface area contributed by atoms with Crippen LogP contribution in [0.1, 0.15) is 71.1 Å². The number of anilines is 2. The Morgan fingerprint density at radius 1 is 0.651 bits per heavy atom. The fraction of sp³-hybridized carbons (Fsp3) is 0.308. The zero-order valence-corrected chi connectivity index (χ0v) is 55.2. The first-order valence-corrected chi connectivity index (χ1v) is 28.4. The van der Waals surface area contributed by atoms with Crippen molar-refractivity contribution in [3.8, 4) is 0 Å². The minimum atomic E-state index is -4.33. The molecule has 2 amide bonds. The van der Waals surface area contributed by atoms with Gasteiger partial charge >= 0.3 is 87.0 Å². The molecule has 2 fully saturated rings. The van der Waals surface area contributed by atoms with Crippen molar-refractivity contribution in [2.45, 2.75) is 86.3 Å². The third kappa shape index (κ3) is 17.6. The van der Waals surface area contributed by atoms with Gasteiger partial charge in [0, 0.05) is 34.5 Å². The number of benzene rings is 4. The van der Waals surface area contributed by atoms with E-state index in [1.165, 1.54) is 32.4 Å². The Kier molecular flexibility index (Phi) is 25.0. The number of esters is 1. The topological polar surface area (TPSA) is 375 Å². The van der Waals surface area contributed by atoms with Crippen LogP contribution in [0.2, 0.25) is 10.0 Å². The van der Waals surface area contributed by atoms with Gasteiger partial charge in [-0.3, -0.25) is 9.80 Å². The van der Waals surface area contributed by atoms with E-state index < -0.39 is 127 Å². The Morgan fingerprint density at radius 2 is 1.03 bits per heavy atom.